The molecule has 1 aliphatic heterocycles. The summed E-state index contributed by atoms with van der Waals surface area (Å²) < 4.78 is 20.0. The van der Waals surface area contributed by atoms with E-state index in [1.807, 2.05) is 0 Å². The van der Waals surface area contributed by atoms with Crippen molar-refractivity contribution in [3.8, 4) is 5.69 Å². The summed E-state index contributed by atoms with van der Waals surface area (Å²) in [5.74, 6) is 0.758. The van der Waals surface area contributed by atoms with Crippen LogP contribution in [0, 0.1) is 12.7 Å². The smallest absolute Gasteiger partial charge is 0.276 e. The molecule has 4 rings (SSSR count). The van der Waals surface area contributed by atoms with Gasteiger partial charge in [0.25, 0.3) is 5.91 Å². The van der Waals surface area contributed by atoms with E-state index >= 15 is 0 Å². The number of hydrogen-bond acceptors (Lipinski definition) is 7. The minimum Gasteiger partial charge on any atom is -0.361 e. The number of aromatic nitrogens is 5. The van der Waals surface area contributed by atoms with Crippen LogP contribution in [0.4, 0.5) is 4.39 Å². The molecule has 0 aliphatic carbocycles. The van der Waals surface area contributed by atoms with Gasteiger partial charge in [0.15, 0.2) is 11.5 Å². The molecule has 27 heavy (non-hydrogen) atoms. The molecule has 1 fully saturated rings. The first-order valence-electron chi connectivity index (χ1n) is 8.58. The Labute approximate surface area is 154 Å². The quantitative estimate of drug-likeness (QED) is 0.677. The van der Waals surface area contributed by atoms with Gasteiger partial charge in [-0.05, 0) is 35.5 Å². The summed E-state index contributed by atoms with van der Waals surface area (Å²) in [6, 6.07) is 7.77. The van der Waals surface area contributed by atoms with E-state index < -0.39 is 0 Å². The van der Waals surface area contributed by atoms with Crippen molar-refractivity contribution < 1.29 is 13.7 Å². The van der Waals surface area contributed by atoms with Gasteiger partial charge in [0.2, 0.25) is 0 Å². The van der Waals surface area contributed by atoms with Crippen molar-refractivity contribution in [2.45, 2.75) is 13.5 Å². The highest BCUT2D eigenvalue weighted by Gasteiger charge is 2.25. The molecule has 1 saturated heterocycles. The van der Waals surface area contributed by atoms with Crippen LogP contribution in [0.1, 0.15) is 22.1 Å². The Morgan fingerprint density at radius 3 is 2.74 bits per heavy atom. The molecule has 1 aliphatic rings. The summed E-state index contributed by atoms with van der Waals surface area (Å²) in [5.41, 5.74) is 0.904. The van der Waals surface area contributed by atoms with E-state index in [0.717, 1.165) is 0 Å². The fourth-order valence-corrected chi connectivity index (χ4v) is 3.05. The van der Waals surface area contributed by atoms with Crippen LogP contribution in [0.2, 0.25) is 0 Å². The Hall–Kier alpha value is -3.14. The number of aryl methyl sites for hydroxylation is 1. The standard InChI is InChI=1S/C17H18FN7O2/c1-12-9-15(20-27-12)17(26)24-7-5-23(6-8-24)11-16-19-21-22-25(16)14-4-2-3-13(18)10-14/h2-4,9-10H,5-8,11H2,1H3. The van der Waals surface area contributed by atoms with Gasteiger partial charge < -0.3 is 9.42 Å². The second kappa shape index (κ2) is 7.23. The van der Waals surface area contributed by atoms with Crippen LogP contribution < -0.4 is 0 Å². The maximum Gasteiger partial charge on any atom is 0.276 e. The Bertz CT molecular complexity index is 946. The number of carbonyl (C=O) groups is 1. The molecule has 140 valence electrons. The lowest BCUT2D eigenvalue weighted by atomic mass is 10.2. The van der Waals surface area contributed by atoms with Crippen molar-refractivity contribution in [3.63, 3.8) is 0 Å². The second-order valence-corrected chi connectivity index (χ2v) is 6.38. The van der Waals surface area contributed by atoms with Crippen LogP contribution in [0.15, 0.2) is 34.9 Å². The third-order valence-electron chi connectivity index (χ3n) is 4.46. The number of rotatable bonds is 4. The first kappa shape index (κ1) is 17.3. The molecule has 0 spiro atoms. The Kier molecular flexibility index (Phi) is 4.63. The molecule has 10 heteroatoms. The highest BCUT2D eigenvalue weighted by atomic mass is 19.1. The Morgan fingerprint density at radius 2 is 2.04 bits per heavy atom. The topological polar surface area (TPSA) is 93.2 Å². The van der Waals surface area contributed by atoms with E-state index in [-0.39, 0.29) is 11.7 Å². The fourth-order valence-electron chi connectivity index (χ4n) is 3.05. The van der Waals surface area contributed by atoms with Crippen molar-refractivity contribution in [3.05, 3.63) is 53.4 Å². The first-order chi connectivity index (χ1) is 13.1. The van der Waals surface area contributed by atoms with E-state index in [2.05, 4.69) is 25.6 Å². The summed E-state index contributed by atoms with van der Waals surface area (Å²) in [4.78, 5) is 16.3. The monoisotopic (exact) mass is 371 g/mol. The van der Waals surface area contributed by atoms with Gasteiger partial charge >= 0.3 is 0 Å². The number of hydrogen-bond donors (Lipinski definition) is 0. The third-order valence-corrected chi connectivity index (χ3v) is 4.46. The molecule has 0 atom stereocenters. The molecule has 0 bridgehead atoms. The average Bonchev–Trinajstić information content (AvgIpc) is 3.31. The molecule has 1 aromatic carbocycles. The first-order valence-corrected chi connectivity index (χ1v) is 8.58. The zero-order valence-corrected chi connectivity index (χ0v) is 14.7. The summed E-state index contributed by atoms with van der Waals surface area (Å²) in [5, 5.41) is 15.5. The number of benzene rings is 1. The number of piperazine rings is 1. The molecule has 9 nitrogen and oxygen atoms in total. The second-order valence-electron chi connectivity index (χ2n) is 6.38. The van der Waals surface area contributed by atoms with Gasteiger partial charge in [0.1, 0.15) is 11.6 Å². The largest absolute Gasteiger partial charge is 0.361 e. The van der Waals surface area contributed by atoms with Gasteiger partial charge in [0.05, 0.1) is 12.2 Å². The van der Waals surface area contributed by atoms with Crippen molar-refractivity contribution in [2.24, 2.45) is 0 Å². The Balaban J connectivity index is 1.39. The van der Waals surface area contributed by atoms with Crippen molar-refractivity contribution in [2.75, 3.05) is 26.2 Å². The lowest BCUT2D eigenvalue weighted by Crippen LogP contribution is -2.48. The van der Waals surface area contributed by atoms with Gasteiger partial charge in [-0.25, -0.2) is 4.39 Å². The maximum atomic E-state index is 13.5. The highest BCUT2D eigenvalue weighted by Crippen LogP contribution is 2.14. The minimum absolute atomic E-state index is 0.129. The molecule has 0 N–H and O–H groups in total. The van der Waals surface area contributed by atoms with Crippen LogP contribution >= 0.6 is 0 Å². The highest BCUT2D eigenvalue weighted by molar-refractivity contribution is 5.92. The van der Waals surface area contributed by atoms with Crippen molar-refractivity contribution in [1.82, 2.24) is 35.2 Å². The molecule has 2 aromatic heterocycles. The number of amides is 1. The lowest BCUT2D eigenvalue weighted by molar-refractivity contribution is 0.0614. The van der Waals surface area contributed by atoms with Gasteiger partial charge in [-0.1, -0.05) is 11.2 Å². The lowest BCUT2D eigenvalue weighted by Gasteiger charge is -2.33. The van der Waals surface area contributed by atoms with E-state index in [1.54, 1.807) is 30.0 Å². The summed E-state index contributed by atoms with van der Waals surface area (Å²) in [6.07, 6.45) is 0. The molecule has 0 unspecified atom stereocenters. The van der Waals surface area contributed by atoms with Crippen molar-refractivity contribution in [1.29, 1.82) is 0 Å². The molecule has 3 aromatic rings. The number of nitrogens with zero attached hydrogens (tertiary/aromatic N) is 7. The van der Waals surface area contributed by atoms with Crippen LogP contribution in [0.5, 0.6) is 0 Å². The molecule has 1 amide bonds. The number of carbonyl (C=O) groups excluding carboxylic acids is 1. The number of tetrazole rings is 1. The zero-order valence-electron chi connectivity index (χ0n) is 14.7. The predicted molar refractivity (Wildman–Crippen MR) is 91.5 cm³/mol. The minimum atomic E-state index is -0.343. The molecular weight excluding hydrogens is 353 g/mol. The van der Waals surface area contributed by atoms with Gasteiger partial charge in [-0.2, -0.15) is 4.68 Å². The van der Waals surface area contributed by atoms with Gasteiger partial charge in [-0.3, -0.25) is 9.69 Å². The third kappa shape index (κ3) is 3.70. The van der Waals surface area contributed by atoms with Crippen LogP contribution in [0.25, 0.3) is 5.69 Å². The predicted octanol–water partition coefficient (Wildman–Crippen LogP) is 1.06. The van der Waals surface area contributed by atoms with Gasteiger partial charge in [-0.15, -0.1) is 5.10 Å². The van der Waals surface area contributed by atoms with Crippen molar-refractivity contribution >= 4 is 5.91 Å². The summed E-state index contributed by atoms with van der Waals surface area (Å²) in [7, 11) is 0. The molecular formula is C17H18FN7O2. The van der Waals surface area contributed by atoms with E-state index in [0.29, 0.717) is 55.7 Å². The van der Waals surface area contributed by atoms with E-state index in [4.69, 9.17) is 4.52 Å². The van der Waals surface area contributed by atoms with E-state index in [9.17, 15) is 9.18 Å². The normalized spacial score (nSPS) is 15.3. The molecule has 0 radical (unpaired) electrons. The van der Waals surface area contributed by atoms with Crippen LogP contribution in [-0.2, 0) is 6.54 Å². The average molecular weight is 371 g/mol. The SMILES string of the molecule is Cc1cc(C(=O)N2CCN(Cc3nnnn3-c3cccc(F)c3)CC2)no1. The molecule has 3 heterocycles. The molecule has 0 saturated carbocycles. The maximum absolute atomic E-state index is 13.5. The summed E-state index contributed by atoms with van der Waals surface area (Å²) in [6.45, 7) is 4.77. The van der Waals surface area contributed by atoms with Gasteiger partial charge in [0, 0.05) is 32.2 Å². The van der Waals surface area contributed by atoms with Crippen LogP contribution in [0.3, 0.4) is 0 Å². The summed E-state index contributed by atoms with van der Waals surface area (Å²) >= 11 is 0. The van der Waals surface area contributed by atoms with Crippen LogP contribution in [-0.4, -0.2) is 67.2 Å². The zero-order chi connectivity index (χ0) is 18.8. The van der Waals surface area contributed by atoms with E-state index in [1.165, 1.54) is 16.8 Å². The number of halogens is 1. The fraction of sp³-hybridized carbons (Fsp3) is 0.353. The Morgan fingerprint density at radius 1 is 1.22 bits per heavy atom.